The SMILES string of the molecule is CC(O)C(NC(=O)c1ccc(SC(F)(F)F)cc1)C(=O)O. The average Bonchev–Trinajstić information content (AvgIpc) is 2.33. The second-order valence-corrected chi connectivity index (χ2v) is 5.24. The Kier molecular flexibility index (Phi) is 5.62. The van der Waals surface area contributed by atoms with Crippen molar-refractivity contribution in [1.29, 1.82) is 0 Å². The maximum Gasteiger partial charge on any atom is 0.446 e. The Hall–Kier alpha value is -1.74. The molecule has 0 aliphatic carbocycles. The fraction of sp³-hybridized carbons (Fsp3) is 0.333. The van der Waals surface area contributed by atoms with E-state index in [1.807, 2.05) is 0 Å². The molecule has 1 amide bonds. The first kappa shape index (κ1) is 17.3. The Bertz CT molecular complexity index is 516. The van der Waals surface area contributed by atoms with Gasteiger partial charge in [-0.3, -0.25) is 4.79 Å². The lowest BCUT2D eigenvalue weighted by Gasteiger charge is -2.17. The van der Waals surface area contributed by atoms with Gasteiger partial charge in [0.2, 0.25) is 0 Å². The van der Waals surface area contributed by atoms with Crippen LogP contribution in [0, 0.1) is 0 Å². The number of rotatable bonds is 5. The molecule has 0 aliphatic rings. The number of carboxylic acids is 1. The van der Waals surface area contributed by atoms with Crippen LogP contribution in [0.4, 0.5) is 13.2 Å². The van der Waals surface area contributed by atoms with Gasteiger partial charge in [-0.1, -0.05) is 0 Å². The minimum Gasteiger partial charge on any atom is -0.480 e. The third kappa shape index (κ3) is 5.64. The van der Waals surface area contributed by atoms with Crippen molar-refractivity contribution in [2.24, 2.45) is 0 Å². The Labute approximate surface area is 122 Å². The molecule has 0 bridgehead atoms. The molecule has 0 saturated carbocycles. The zero-order chi connectivity index (χ0) is 16.2. The molecule has 5 nitrogen and oxygen atoms in total. The second-order valence-electron chi connectivity index (χ2n) is 4.10. The lowest BCUT2D eigenvalue weighted by molar-refractivity contribution is -0.141. The predicted octanol–water partition coefficient (Wildman–Crippen LogP) is 1.86. The molecule has 116 valence electrons. The van der Waals surface area contributed by atoms with E-state index < -0.39 is 29.5 Å². The van der Waals surface area contributed by atoms with E-state index in [-0.39, 0.29) is 22.2 Å². The molecular formula is C12H12F3NO4S. The van der Waals surface area contributed by atoms with Crippen molar-refractivity contribution in [3.63, 3.8) is 0 Å². The van der Waals surface area contributed by atoms with Crippen molar-refractivity contribution in [2.75, 3.05) is 0 Å². The number of aliphatic hydroxyl groups is 1. The van der Waals surface area contributed by atoms with Gasteiger partial charge in [-0.05, 0) is 43.0 Å². The van der Waals surface area contributed by atoms with E-state index in [9.17, 15) is 27.9 Å². The molecule has 0 aromatic heterocycles. The first-order valence-electron chi connectivity index (χ1n) is 5.67. The van der Waals surface area contributed by atoms with Gasteiger partial charge >= 0.3 is 11.5 Å². The first-order valence-corrected chi connectivity index (χ1v) is 6.49. The quantitative estimate of drug-likeness (QED) is 0.720. The van der Waals surface area contributed by atoms with E-state index in [4.69, 9.17) is 5.11 Å². The minimum atomic E-state index is -4.43. The predicted molar refractivity (Wildman–Crippen MR) is 68.9 cm³/mol. The second kappa shape index (κ2) is 6.81. The van der Waals surface area contributed by atoms with Gasteiger partial charge in [0.25, 0.3) is 5.91 Å². The van der Waals surface area contributed by atoms with Crippen molar-refractivity contribution in [1.82, 2.24) is 5.32 Å². The number of benzene rings is 1. The molecule has 0 fully saturated rings. The molecule has 0 radical (unpaired) electrons. The molecule has 1 aromatic rings. The Morgan fingerprint density at radius 1 is 1.24 bits per heavy atom. The number of amides is 1. The summed E-state index contributed by atoms with van der Waals surface area (Å²) < 4.78 is 36.4. The highest BCUT2D eigenvalue weighted by Crippen LogP contribution is 2.36. The normalized spacial score (nSPS) is 14.3. The molecule has 2 atom stereocenters. The topological polar surface area (TPSA) is 86.6 Å². The fourth-order valence-electron chi connectivity index (χ4n) is 1.42. The summed E-state index contributed by atoms with van der Waals surface area (Å²) in [6, 6.07) is 2.99. The number of nitrogens with one attached hydrogen (secondary N) is 1. The van der Waals surface area contributed by atoms with Crippen LogP contribution in [0.1, 0.15) is 17.3 Å². The van der Waals surface area contributed by atoms with Crippen LogP contribution in [0.15, 0.2) is 29.2 Å². The summed E-state index contributed by atoms with van der Waals surface area (Å²) in [6.07, 6.45) is -1.31. The molecule has 0 heterocycles. The maximum atomic E-state index is 12.1. The van der Waals surface area contributed by atoms with Crippen LogP contribution >= 0.6 is 11.8 Å². The van der Waals surface area contributed by atoms with E-state index in [1.165, 1.54) is 6.92 Å². The number of carbonyl (C=O) groups excluding carboxylic acids is 1. The van der Waals surface area contributed by atoms with Crippen LogP contribution in [0.3, 0.4) is 0 Å². The summed E-state index contributed by atoms with van der Waals surface area (Å²) in [7, 11) is 0. The van der Waals surface area contributed by atoms with Gasteiger partial charge in [0.1, 0.15) is 0 Å². The molecule has 0 aliphatic heterocycles. The summed E-state index contributed by atoms with van der Waals surface area (Å²) in [5.74, 6) is -2.21. The number of carboxylic acid groups (broad SMARTS) is 1. The highest BCUT2D eigenvalue weighted by molar-refractivity contribution is 8.00. The van der Waals surface area contributed by atoms with Gasteiger partial charge in [0, 0.05) is 10.5 Å². The lowest BCUT2D eigenvalue weighted by Crippen LogP contribution is -2.47. The van der Waals surface area contributed by atoms with Crippen molar-refractivity contribution >= 4 is 23.6 Å². The molecule has 3 N–H and O–H groups in total. The summed E-state index contributed by atoms with van der Waals surface area (Å²) >= 11 is -0.321. The Balaban J connectivity index is 2.77. The van der Waals surface area contributed by atoms with Crippen molar-refractivity contribution < 1.29 is 33.0 Å². The van der Waals surface area contributed by atoms with E-state index in [2.05, 4.69) is 5.32 Å². The van der Waals surface area contributed by atoms with Crippen molar-refractivity contribution in [2.45, 2.75) is 29.5 Å². The highest BCUT2D eigenvalue weighted by Gasteiger charge is 2.29. The molecule has 9 heteroatoms. The molecule has 1 aromatic carbocycles. The lowest BCUT2D eigenvalue weighted by atomic mass is 10.1. The third-order valence-corrected chi connectivity index (χ3v) is 3.12. The van der Waals surface area contributed by atoms with Gasteiger partial charge < -0.3 is 15.5 Å². The molecule has 0 saturated heterocycles. The fourth-order valence-corrected chi connectivity index (χ4v) is 1.96. The number of hydrogen-bond donors (Lipinski definition) is 3. The summed E-state index contributed by atoms with van der Waals surface area (Å²) in [5, 5.41) is 20.1. The summed E-state index contributed by atoms with van der Waals surface area (Å²) in [5.41, 5.74) is -4.43. The average molecular weight is 323 g/mol. The number of halogens is 3. The number of alkyl halides is 3. The number of aliphatic hydroxyl groups excluding tert-OH is 1. The zero-order valence-corrected chi connectivity index (χ0v) is 11.5. The maximum absolute atomic E-state index is 12.1. The Morgan fingerprint density at radius 2 is 1.76 bits per heavy atom. The third-order valence-electron chi connectivity index (χ3n) is 2.39. The monoisotopic (exact) mass is 323 g/mol. The van der Waals surface area contributed by atoms with Crippen molar-refractivity contribution in [3.05, 3.63) is 29.8 Å². The van der Waals surface area contributed by atoms with E-state index in [1.54, 1.807) is 0 Å². The van der Waals surface area contributed by atoms with E-state index in [0.29, 0.717) is 0 Å². The molecule has 2 unspecified atom stereocenters. The Morgan fingerprint density at radius 3 is 2.14 bits per heavy atom. The summed E-state index contributed by atoms with van der Waals surface area (Å²) in [6.45, 7) is 1.20. The number of carbonyl (C=O) groups is 2. The van der Waals surface area contributed by atoms with Crippen molar-refractivity contribution in [3.8, 4) is 0 Å². The van der Waals surface area contributed by atoms with Gasteiger partial charge in [0.15, 0.2) is 6.04 Å². The molecular weight excluding hydrogens is 311 g/mol. The van der Waals surface area contributed by atoms with Crippen LogP contribution in [0.2, 0.25) is 0 Å². The summed E-state index contributed by atoms with van der Waals surface area (Å²) in [4.78, 5) is 22.5. The standard InChI is InChI=1S/C12H12F3NO4S/c1-6(17)9(11(19)20)16-10(18)7-2-4-8(5-3-7)21-12(13,14)15/h2-6,9,17H,1H3,(H,16,18)(H,19,20). The molecule has 1 rings (SSSR count). The zero-order valence-electron chi connectivity index (χ0n) is 10.7. The van der Waals surface area contributed by atoms with E-state index in [0.717, 1.165) is 24.3 Å². The van der Waals surface area contributed by atoms with Gasteiger partial charge in [-0.25, -0.2) is 4.79 Å². The van der Waals surface area contributed by atoms with Crippen LogP contribution in [0.5, 0.6) is 0 Å². The van der Waals surface area contributed by atoms with E-state index >= 15 is 0 Å². The first-order chi connectivity index (χ1) is 9.60. The smallest absolute Gasteiger partial charge is 0.446 e. The largest absolute Gasteiger partial charge is 0.480 e. The van der Waals surface area contributed by atoms with Crippen LogP contribution in [-0.2, 0) is 4.79 Å². The van der Waals surface area contributed by atoms with Gasteiger partial charge in [0.05, 0.1) is 6.10 Å². The van der Waals surface area contributed by atoms with Gasteiger partial charge in [-0.2, -0.15) is 13.2 Å². The molecule has 0 spiro atoms. The minimum absolute atomic E-state index is 0.00609. The van der Waals surface area contributed by atoms with Crippen LogP contribution < -0.4 is 5.32 Å². The van der Waals surface area contributed by atoms with Gasteiger partial charge in [-0.15, -0.1) is 0 Å². The number of thioether (sulfide) groups is 1. The number of hydrogen-bond acceptors (Lipinski definition) is 4. The van der Waals surface area contributed by atoms with Crippen LogP contribution in [0.25, 0.3) is 0 Å². The number of aliphatic carboxylic acids is 1. The highest BCUT2D eigenvalue weighted by atomic mass is 32.2. The van der Waals surface area contributed by atoms with Crippen LogP contribution in [-0.4, -0.2) is 39.7 Å². The molecule has 21 heavy (non-hydrogen) atoms.